The fourth-order valence-electron chi connectivity index (χ4n) is 2.47. The van der Waals surface area contributed by atoms with Crippen LogP contribution in [0.2, 0.25) is 0 Å². The van der Waals surface area contributed by atoms with Crippen molar-refractivity contribution in [1.29, 1.82) is 0 Å². The average molecular weight is 466 g/mol. The molecule has 1 saturated carbocycles. The molecule has 2 aromatic carbocycles. The van der Waals surface area contributed by atoms with Gasteiger partial charge in [0, 0.05) is 29.2 Å². The molecule has 9 heteroatoms. The summed E-state index contributed by atoms with van der Waals surface area (Å²) in [5.74, 6) is -0.653. The van der Waals surface area contributed by atoms with Gasteiger partial charge < -0.3 is 10.6 Å². The average Bonchev–Trinajstić information content (AvgIpc) is 3.49. The predicted octanol–water partition coefficient (Wildman–Crippen LogP) is 2.05. The lowest BCUT2D eigenvalue weighted by molar-refractivity contribution is 0.0927. The first-order chi connectivity index (χ1) is 13.4. The Balaban J connectivity index is 1.56. The van der Waals surface area contributed by atoms with Gasteiger partial charge >= 0.3 is 0 Å². The van der Waals surface area contributed by atoms with E-state index < -0.39 is 15.9 Å². The fourth-order valence-corrected chi connectivity index (χ4v) is 4.23. The third kappa shape index (κ3) is 5.40. The quantitative estimate of drug-likeness (QED) is 0.518. The molecule has 28 heavy (non-hydrogen) atoms. The topological polar surface area (TPSA) is 104 Å². The highest BCUT2D eigenvalue weighted by atomic mass is 79.9. The smallest absolute Gasteiger partial charge is 0.252 e. The van der Waals surface area contributed by atoms with E-state index in [1.807, 2.05) is 6.07 Å². The van der Waals surface area contributed by atoms with Crippen molar-refractivity contribution in [1.82, 2.24) is 15.4 Å². The minimum atomic E-state index is -3.64. The Morgan fingerprint density at radius 2 is 1.61 bits per heavy atom. The van der Waals surface area contributed by atoms with Crippen molar-refractivity contribution in [2.75, 3.05) is 13.1 Å². The normalized spacial score (nSPS) is 13.8. The molecule has 7 nitrogen and oxygen atoms in total. The summed E-state index contributed by atoms with van der Waals surface area (Å²) in [4.78, 5) is 24.4. The summed E-state index contributed by atoms with van der Waals surface area (Å²) in [6, 6.07) is 13.1. The molecule has 0 saturated heterocycles. The number of rotatable bonds is 8. The lowest BCUT2D eigenvalue weighted by Crippen LogP contribution is -2.35. The minimum Gasteiger partial charge on any atom is -0.350 e. The molecule has 0 unspecified atom stereocenters. The number of benzene rings is 2. The molecular formula is C19H20BrN3O4S. The molecule has 2 aromatic rings. The standard InChI is InChI=1S/C19H20BrN3O4S/c20-17-9-8-15(28(26,27)23-14-6-7-14)12-16(17)19(25)22-11-10-21-18(24)13-4-2-1-3-5-13/h1-5,8-9,12,14,23H,6-7,10-11H2,(H,21,24)(H,22,25). The van der Waals surface area contributed by atoms with Gasteiger partial charge in [-0.3, -0.25) is 9.59 Å². The number of amides is 2. The van der Waals surface area contributed by atoms with Gasteiger partial charge in [0.25, 0.3) is 11.8 Å². The van der Waals surface area contributed by atoms with Crippen LogP contribution in [0.5, 0.6) is 0 Å². The zero-order valence-corrected chi connectivity index (χ0v) is 17.3. The second-order valence-corrected chi connectivity index (χ2v) is 8.98. The molecule has 0 spiro atoms. The zero-order chi connectivity index (χ0) is 20.1. The number of hydrogen-bond donors (Lipinski definition) is 3. The van der Waals surface area contributed by atoms with Gasteiger partial charge in [-0.25, -0.2) is 13.1 Å². The molecule has 148 valence electrons. The predicted molar refractivity (Wildman–Crippen MR) is 109 cm³/mol. The fraction of sp³-hybridized carbons (Fsp3) is 0.263. The molecule has 3 N–H and O–H groups in total. The highest BCUT2D eigenvalue weighted by Gasteiger charge is 2.28. The van der Waals surface area contributed by atoms with Crippen LogP contribution in [0, 0.1) is 0 Å². The van der Waals surface area contributed by atoms with E-state index in [0.717, 1.165) is 12.8 Å². The van der Waals surface area contributed by atoms with Crippen molar-refractivity contribution in [3.8, 4) is 0 Å². The maximum atomic E-state index is 12.4. The molecule has 3 rings (SSSR count). The maximum Gasteiger partial charge on any atom is 0.252 e. The number of carbonyl (C=O) groups is 2. The van der Waals surface area contributed by atoms with Crippen LogP contribution >= 0.6 is 15.9 Å². The largest absolute Gasteiger partial charge is 0.350 e. The van der Waals surface area contributed by atoms with E-state index in [1.165, 1.54) is 18.2 Å². The Bertz CT molecular complexity index is 976. The number of carbonyl (C=O) groups excluding carboxylic acids is 2. The summed E-state index contributed by atoms with van der Waals surface area (Å²) in [5, 5.41) is 5.39. The van der Waals surface area contributed by atoms with E-state index in [1.54, 1.807) is 24.3 Å². The molecule has 0 aliphatic heterocycles. The van der Waals surface area contributed by atoms with Crippen molar-refractivity contribution in [2.45, 2.75) is 23.8 Å². The molecule has 1 aliphatic rings. The van der Waals surface area contributed by atoms with E-state index in [-0.39, 0.29) is 35.5 Å². The van der Waals surface area contributed by atoms with Crippen LogP contribution in [0.3, 0.4) is 0 Å². The van der Waals surface area contributed by atoms with Gasteiger partial charge in [0.15, 0.2) is 0 Å². The molecule has 1 fully saturated rings. The summed E-state index contributed by atoms with van der Waals surface area (Å²) < 4.78 is 27.7. The Morgan fingerprint density at radius 1 is 0.964 bits per heavy atom. The number of nitrogens with one attached hydrogen (secondary N) is 3. The second-order valence-electron chi connectivity index (χ2n) is 6.42. The molecule has 1 aliphatic carbocycles. The summed E-state index contributed by atoms with van der Waals surface area (Å²) in [6.07, 6.45) is 1.66. The summed E-state index contributed by atoms with van der Waals surface area (Å²) in [6.45, 7) is 0.458. The molecule has 0 atom stereocenters. The molecular weight excluding hydrogens is 446 g/mol. The third-order valence-electron chi connectivity index (χ3n) is 4.12. The first kappa shape index (κ1) is 20.5. The van der Waals surface area contributed by atoms with Crippen molar-refractivity contribution < 1.29 is 18.0 Å². The van der Waals surface area contributed by atoms with Gasteiger partial charge in [-0.1, -0.05) is 18.2 Å². The highest BCUT2D eigenvalue weighted by Crippen LogP contribution is 2.25. The van der Waals surface area contributed by atoms with Gasteiger partial charge in [-0.15, -0.1) is 0 Å². The lowest BCUT2D eigenvalue weighted by atomic mass is 10.2. The van der Waals surface area contributed by atoms with Gasteiger partial charge in [0.2, 0.25) is 10.0 Å². The number of hydrogen-bond acceptors (Lipinski definition) is 4. The van der Waals surface area contributed by atoms with Crippen LogP contribution in [-0.4, -0.2) is 39.4 Å². The number of sulfonamides is 1. The Hall–Kier alpha value is -2.23. The molecule has 0 heterocycles. The Labute approximate surface area is 172 Å². The minimum absolute atomic E-state index is 0.0147. The van der Waals surface area contributed by atoms with Crippen molar-refractivity contribution in [3.63, 3.8) is 0 Å². The van der Waals surface area contributed by atoms with Gasteiger partial charge in [0.05, 0.1) is 10.5 Å². The van der Waals surface area contributed by atoms with E-state index >= 15 is 0 Å². The summed E-state index contributed by atoms with van der Waals surface area (Å²) in [7, 11) is -3.64. The highest BCUT2D eigenvalue weighted by molar-refractivity contribution is 9.10. The zero-order valence-electron chi connectivity index (χ0n) is 14.9. The van der Waals surface area contributed by atoms with Crippen molar-refractivity contribution >= 4 is 37.8 Å². The molecule has 0 bridgehead atoms. The van der Waals surface area contributed by atoms with Gasteiger partial charge in [-0.05, 0) is 59.1 Å². The summed E-state index contributed by atoms with van der Waals surface area (Å²) in [5.41, 5.74) is 0.755. The summed E-state index contributed by atoms with van der Waals surface area (Å²) >= 11 is 3.28. The first-order valence-corrected chi connectivity index (χ1v) is 11.1. The lowest BCUT2D eigenvalue weighted by Gasteiger charge is -2.11. The van der Waals surface area contributed by atoms with Crippen LogP contribution in [0.25, 0.3) is 0 Å². The van der Waals surface area contributed by atoms with Crippen LogP contribution in [0.4, 0.5) is 0 Å². The van der Waals surface area contributed by atoms with Crippen LogP contribution < -0.4 is 15.4 Å². The van der Waals surface area contributed by atoms with E-state index in [2.05, 4.69) is 31.3 Å². The van der Waals surface area contributed by atoms with Crippen molar-refractivity contribution in [2.24, 2.45) is 0 Å². The maximum absolute atomic E-state index is 12.4. The van der Waals surface area contributed by atoms with Gasteiger partial charge in [-0.2, -0.15) is 0 Å². The molecule has 2 amide bonds. The molecule has 0 aromatic heterocycles. The SMILES string of the molecule is O=C(NCCNC(=O)c1cc(S(=O)(=O)NC2CC2)ccc1Br)c1ccccc1. The number of halogens is 1. The van der Waals surface area contributed by atoms with Gasteiger partial charge in [0.1, 0.15) is 0 Å². The third-order valence-corrected chi connectivity index (χ3v) is 6.33. The first-order valence-electron chi connectivity index (χ1n) is 8.80. The Morgan fingerprint density at radius 3 is 2.25 bits per heavy atom. The van der Waals surface area contributed by atoms with E-state index in [4.69, 9.17) is 0 Å². The van der Waals surface area contributed by atoms with Crippen LogP contribution in [0.15, 0.2) is 57.9 Å². The second kappa shape index (κ2) is 8.85. The van der Waals surface area contributed by atoms with E-state index in [0.29, 0.717) is 10.0 Å². The van der Waals surface area contributed by atoms with Crippen LogP contribution in [0.1, 0.15) is 33.6 Å². The molecule has 0 radical (unpaired) electrons. The van der Waals surface area contributed by atoms with Crippen molar-refractivity contribution in [3.05, 3.63) is 64.1 Å². The van der Waals surface area contributed by atoms with Crippen LogP contribution in [-0.2, 0) is 10.0 Å². The van der Waals surface area contributed by atoms with E-state index in [9.17, 15) is 18.0 Å². The Kier molecular flexibility index (Phi) is 6.48. The monoisotopic (exact) mass is 465 g/mol.